The standard InChI is InChI=1S/C14H17N3O/c1-10-4-3-5-11(8-10)9-12(15)13-6-7-14(18-2)17-16-13/h3-8,12H,9,15H2,1-2H3. The number of nitrogens with zero attached hydrogens (tertiary/aromatic N) is 2. The molecule has 0 spiro atoms. The predicted octanol–water partition coefficient (Wildman–Crippen LogP) is 2.04. The van der Waals surface area contributed by atoms with Crippen molar-refractivity contribution in [2.45, 2.75) is 19.4 Å². The summed E-state index contributed by atoms with van der Waals surface area (Å²) in [6.07, 6.45) is 0.753. The van der Waals surface area contributed by atoms with Crippen molar-refractivity contribution >= 4 is 0 Å². The highest BCUT2D eigenvalue weighted by molar-refractivity contribution is 5.24. The van der Waals surface area contributed by atoms with Crippen LogP contribution >= 0.6 is 0 Å². The summed E-state index contributed by atoms with van der Waals surface area (Å²) in [7, 11) is 1.57. The monoisotopic (exact) mass is 243 g/mol. The van der Waals surface area contributed by atoms with Crippen molar-refractivity contribution in [2.75, 3.05) is 7.11 Å². The van der Waals surface area contributed by atoms with Crippen molar-refractivity contribution < 1.29 is 4.74 Å². The van der Waals surface area contributed by atoms with Gasteiger partial charge in [0.25, 0.3) is 0 Å². The van der Waals surface area contributed by atoms with Gasteiger partial charge < -0.3 is 10.5 Å². The van der Waals surface area contributed by atoms with Crippen LogP contribution in [0.1, 0.15) is 22.9 Å². The number of nitrogens with two attached hydrogens (primary N) is 1. The van der Waals surface area contributed by atoms with E-state index < -0.39 is 0 Å². The summed E-state index contributed by atoms with van der Waals surface area (Å²) in [5.41, 5.74) is 9.35. The second kappa shape index (κ2) is 5.60. The minimum atomic E-state index is -0.148. The third-order valence-electron chi connectivity index (χ3n) is 2.79. The first-order chi connectivity index (χ1) is 8.69. The molecule has 0 radical (unpaired) electrons. The Kier molecular flexibility index (Phi) is 3.89. The van der Waals surface area contributed by atoms with Gasteiger partial charge in [0.2, 0.25) is 5.88 Å². The van der Waals surface area contributed by atoms with E-state index in [0.29, 0.717) is 5.88 Å². The Bertz CT molecular complexity index is 511. The molecule has 1 aromatic heterocycles. The molecule has 0 aliphatic heterocycles. The van der Waals surface area contributed by atoms with E-state index in [1.807, 2.05) is 12.1 Å². The highest BCUT2D eigenvalue weighted by Crippen LogP contribution is 2.15. The van der Waals surface area contributed by atoms with E-state index >= 15 is 0 Å². The molecule has 2 N–H and O–H groups in total. The van der Waals surface area contributed by atoms with Crippen molar-refractivity contribution in [3.8, 4) is 5.88 Å². The third kappa shape index (κ3) is 3.05. The van der Waals surface area contributed by atoms with Crippen LogP contribution in [0.3, 0.4) is 0 Å². The van der Waals surface area contributed by atoms with Crippen LogP contribution in [-0.2, 0) is 6.42 Å². The van der Waals surface area contributed by atoms with E-state index in [4.69, 9.17) is 10.5 Å². The molecule has 0 bridgehead atoms. The lowest BCUT2D eigenvalue weighted by atomic mass is 10.0. The lowest BCUT2D eigenvalue weighted by molar-refractivity contribution is 0.390. The number of hydrogen-bond donors (Lipinski definition) is 1. The quantitative estimate of drug-likeness (QED) is 0.892. The molecule has 4 nitrogen and oxygen atoms in total. The van der Waals surface area contributed by atoms with Crippen LogP contribution < -0.4 is 10.5 Å². The summed E-state index contributed by atoms with van der Waals surface area (Å²) in [5, 5.41) is 7.99. The number of rotatable bonds is 4. The van der Waals surface area contributed by atoms with Crippen LogP contribution in [0, 0.1) is 6.92 Å². The van der Waals surface area contributed by atoms with Gasteiger partial charge in [-0.2, -0.15) is 5.10 Å². The average molecular weight is 243 g/mol. The molecule has 1 heterocycles. The fourth-order valence-electron chi connectivity index (χ4n) is 1.83. The largest absolute Gasteiger partial charge is 0.480 e. The van der Waals surface area contributed by atoms with Gasteiger partial charge in [0.15, 0.2) is 0 Å². The summed E-state index contributed by atoms with van der Waals surface area (Å²) in [6.45, 7) is 2.07. The molecule has 18 heavy (non-hydrogen) atoms. The minimum absolute atomic E-state index is 0.148. The summed E-state index contributed by atoms with van der Waals surface area (Å²) in [4.78, 5) is 0. The Morgan fingerprint density at radius 1 is 1.22 bits per heavy atom. The first kappa shape index (κ1) is 12.5. The Morgan fingerprint density at radius 3 is 2.67 bits per heavy atom. The van der Waals surface area contributed by atoms with E-state index in [9.17, 15) is 0 Å². The first-order valence-corrected chi connectivity index (χ1v) is 5.88. The van der Waals surface area contributed by atoms with Gasteiger partial charge in [-0.25, -0.2) is 0 Å². The molecule has 4 heteroatoms. The van der Waals surface area contributed by atoms with Crippen LogP contribution in [0.15, 0.2) is 36.4 Å². The minimum Gasteiger partial charge on any atom is -0.480 e. The number of methoxy groups -OCH3 is 1. The van der Waals surface area contributed by atoms with E-state index in [2.05, 4.69) is 35.3 Å². The molecule has 1 atom stereocenters. The number of benzene rings is 1. The highest BCUT2D eigenvalue weighted by Gasteiger charge is 2.09. The van der Waals surface area contributed by atoms with Gasteiger partial charge in [0.05, 0.1) is 18.8 Å². The van der Waals surface area contributed by atoms with Crippen LogP contribution in [0.2, 0.25) is 0 Å². The van der Waals surface area contributed by atoms with Crippen molar-refractivity contribution in [1.29, 1.82) is 0 Å². The summed E-state index contributed by atoms with van der Waals surface area (Å²) in [5.74, 6) is 0.501. The maximum atomic E-state index is 6.13. The van der Waals surface area contributed by atoms with Crippen molar-refractivity contribution in [3.63, 3.8) is 0 Å². The van der Waals surface area contributed by atoms with Crippen LogP contribution in [0.5, 0.6) is 5.88 Å². The molecule has 0 saturated carbocycles. The number of hydrogen-bond acceptors (Lipinski definition) is 4. The third-order valence-corrected chi connectivity index (χ3v) is 2.79. The van der Waals surface area contributed by atoms with Gasteiger partial charge in [-0.3, -0.25) is 0 Å². The molecule has 1 aromatic carbocycles. The molecule has 0 aliphatic carbocycles. The molecule has 0 saturated heterocycles. The second-order valence-electron chi connectivity index (χ2n) is 4.30. The Hall–Kier alpha value is -1.94. The first-order valence-electron chi connectivity index (χ1n) is 5.88. The lowest BCUT2D eigenvalue weighted by Gasteiger charge is -2.11. The van der Waals surface area contributed by atoms with Crippen molar-refractivity contribution in [3.05, 3.63) is 53.2 Å². The van der Waals surface area contributed by atoms with Crippen molar-refractivity contribution in [2.24, 2.45) is 5.73 Å². The lowest BCUT2D eigenvalue weighted by Crippen LogP contribution is -2.15. The van der Waals surface area contributed by atoms with Gasteiger partial charge in [0, 0.05) is 6.07 Å². The topological polar surface area (TPSA) is 61.0 Å². The van der Waals surface area contributed by atoms with Gasteiger partial charge in [-0.05, 0) is 25.0 Å². The summed E-state index contributed by atoms with van der Waals surface area (Å²) in [6, 6.07) is 11.8. The normalized spacial score (nSPS) is 12.2. The summed E-state index contributed by atoms with van der Waals surface area (Å²) >= 11 is 0. The zero-order valence-electron chi connectivity index (χ0n) is 10.6. The molecule has 0 amide bonds. The van der Waals surface area contributed by atoms with E-state index in [0.717, 1.165) is 12.1 Å². The van der Waals surface area contributed by atoms with Gasteiger partial charge in [-0.15, -0.1) is 5.10 Å². The second-order valence-corrected chi connectivity index (χ2v) is 4.30. The number of aryl methyl sites for hydroxylation is 1. The maximum Gasteiger partial charge on any atom is 0.233 e. The van der Waals surface area contributed by atoms with Gasteiger partial charge in [-0.1, -0.05) is 29.8 Å². The molecule has 2 aromatic rings. The maximum absolute atomic E-state index is 6.13. The van der Waals surface area contributed by atoms with Crippen LogP contribution in [0.4, 0.5) is 0 Å². The highest BCUT2D eigenvalue weighted by atomic mass is 16.5. The Morgan fingerprint density at radius 2 is 2.06 bits per heavy atom. The fourth-order valence-corrected chi connectivity index (χ4v) is 1.83. The smallest absolute Gasteiger partial charge is 0.233 e. The van der Waals surface area contributed by atoms with Gasteiger partial charge in [0.1, 0.15) is 0 Å². The van der Waals surface area contributed by atoms with Crippen molar-refractivity contribution in [1.82, 2.24) is 10.2 Å². The molecule has 0 aliphatic rings. The molecule has 94 valence electrons. The average Bonchev–Trinajstić information content (AvgIpc) is 2.39. The molecular weight excluding hydrogens is 226 g/mol. The zero-order valence-corrected chi connectivity index (χ0v) is 10.6. The van der Waals surface area contributed by atoms with E-state index in [1.54, 1.807) is 13.2 Å². The SMILES string of the molecule is COc1ccc(C(N)Cc2cccc(C)c2)nn1. The Balaban J connectivity index is 2.09. The molecule has 2 rings (SSSR count). The molecule has 0 fully saturated rings. The van der Waals surface area contributed by atoms with Gasteiger partial charge >= 0.3 is 0 Å². The number of ether oxygens (including phenoxy) is 1. The number of aromatic nitrogens is 2. The molecule has 1 unspecified atom stereocenters. The van der Waals surface area contributed by atoms with E-state index in [-0.39, 0.29) is 6.04 Å². The summed E-state index contributed by atoms with van der Waals surface area (Å²) < 4.78 is 4.97. The molecular formula is C14H17N3O. The van der Waals surface area contributed by atoms with Crippen LogP contribution in [-0.4, -0.2) is 17.3 Å². The fraction of sp³-hybridized carbons (Fsp3) is 0.286. The zero-order chi connectivity index (χ0) is 13.0. The predicted molar refractivity (Wildman–Crippen MR) is 70.4 cm³/mol. The van der Waals surface area contributed by atoms with E-state index in [1.165, 1.54) is 11.1 Å². The van der Waals surface area contributed by atoms with Crippen LogP contribution in [0.25, 0.3) is 0 Å². The Labute approximate surface area is 107 Å².